The number of ether oxygens (including phenoxy) is 1. The number of imidazole rings is 1. The number of morpholine rings is 1. The molecule has 2 aliphatic rings. The maximum absolute atomic E-state index is 12.3. The predicted octanol–water partition coefficient (Wildman–Crippen LogP) is 1.67. The number of likely N-dealkylation sites (tertiary alicyclic amines) is 1. The molecule has 0 radical (unpaired) electrons. The summed E-state index contributed by atoms with van der Waals surface area (Å²) < 4.78 is 7.65. The van der Waals surface area contributed by atoms with Gasteiger partial charge in [-0.2, -0.15) is 4.98 Å². The molecule has 33 heavy (non-hydrogen) atoms. The Hall–Kier alpha value is -3.34. The number of aromatic nitrogens is 6. The van der Waals surface area contributed by atoms with Crippen LogP contribution in [0.1, 0.15) is 38.6 Å². The zero-order chi connectivity index (χ0) is 22.8. The van der Waals surface area contributed by atoms with Crippen molar-refractivity contribution in [2.75, 3.05) is 50.0 Å². The Bertz CT molecular complexity index is 1120. The Balaban J connectivity index is 1.51. The van der Waals surface area contributed by atoms with Gasteiger partial charge in [-0.3, -0.25) is 4.79 Å². The van der Waals surface area contributed by atoms with E-state index in [4.69, 9.17) is 20.4 Å². The van der Waals surface area contributed by atoms with E-state index < -0.39 is 0 Å². The molecule has 0 bridgehead atoms. The SMILES string of the molecule is CCCC(=O)N1CCC(n2cnc3c(-c4cnc(N)nc4)nc(N4CCOCC4)nc32)CC1. The first kappa shape index (κ1) is 21.5. The number of piperidine rings is 1. The van der Waals surface area contributed by atoms with Crippen LogP contribution >= 0.6 is 0 Å². The van der Waals surface area contributed by atoms with Gasteiger partial charge in [-0.25, -0.2) is 19.9 Å². The van der Waals surface area contributed by atoms with Crippen LogP contribution in [0, 0.1) is 0 Å². The lowest BCUT2D eigenvalue weighted by atomic mass is 10.0. The van der Waals surface area contributed by atoms with E-state index >= 15 is 0 Å². The third-order valence-electron chi connectivity index (χ3n) is 6.32. The molecule has 174 valence electrons. The normalized spacial score (nSPS) is 17.6. The summed E-state index contributed by atoms with van der Waals surface area (Å²) in [5.74, 6) is 1.11. The third-order valence-corrected chi connectivity index (χ3v) is 6.32. The molecule has 2 N–H and O–H groups in total. The summed E-state index contributed by atoms with van der Waals surface area (Å²) in [7, 11) is 0. The Kier molecular flexibility index (Phi) is 6.03. The van der Waals surface area contributed by atoms with Crippen molar-refractivity contribution in [2.45, 2.75) is 38.6 Å². The van der Waals surface area contributed by atoms with Gasteiger partial charge in [0.1, 0.15) is 11.2 Å². The van der Waals surface area contributed by atoms with Gasteiger partial charge in [-0.15, -0.1) is 0 Å². The number of rotatable bonds is 5. The third kappa shape index (κ3) is 4.32. The molecule has 0 aromatic carbocycles. The summed E-state index contributed by atoms with van der Waals surface area (Å²) in [6.45, 7) is 6.30. The maximum Gasteiger partial charge on any atom is 0.228 e. The number of fused-ring (bicyclic) bond motifs is 1. The maximum atomic E-state index is 12.3. The molecule has 0 saturated carbocycles. The highest BCUT2D eigenvalue weighted by Crippen LogP contribution is 2.31. The molecule has 2 aliphatic heterocycles. The number of hydrogen-bond donors (Lipinski definition) is 1. The minimum atomic E-state index is 0.215. The molecule has 2 saturated heterocycles. The topological polar surface area (TPSA) is 128 Å². The van der Waals surface area contributed by atoms with Gasteiger partial charge in [0.25, 0.3) is 0 Å². The zero-order valence-electron chi connectivity index (χ0n) is 18.9. The summed E-state index contributed by atoms with van der Waals surface area (Å²) in [6.07, 6.45) is 8.42. The van der Waals surface area contributed by atoms with Crippen molar-refractivity contribution in [3.63, 3.8) is 0 Å². The van der Waals surface area contributed by atoms with Gasteiger partial charge in [-0.1, -0.05) is 6.92 Å². The van der Waals surface area contributed by atoms with Crippen LogP contribution in [0.15, 0.2) is 18.7 Å². The number of amides is 1. The van der Waals surface area contributed by atoms with Crippen molar-refractivity contribution < 1.29 is 9.53 Å². The molecule has 5 heterocycles. The fraction of sp³-hybridized carbons (Fsp3) is 0.545. The molecule has 5 rings (SSSR count). The second-order valence-electron chi connectivity index (χ2n) is 8.49. The molecule has 0 spiro atoms. The lowest BCUT2D eigenvalue weighted by Crippen LogP contribution is -2.39. The first-order valence-corrected chi connectivity index (χ1v) is 11.6. The van der Waals surface area contributed by atoms with E-state index in [0.29, 0.717) is 36.8 Å². The van der Waals surface area contributed by atoms with E-state index in [1.165, 1.54) is 0 Å². The number of nitrogens with zero attached hydrogens (tertiary/aromatic N) is 8. The molecule has 3 aromatic heterocycles. The van der Waals surface area contributed by atoms with Gasteiger partial charge in [0.15, 0.2) is 5.65 Å². The number of nitrogen functional groups attached to an aromatic ring is 1. The molecule has 11 nitrogen and oxygen atoms in total. The van der Waals surface area contributed by atoms with Gasteiger partial charge in [0.05, 0.1) is 19.5 Å². The zero-order valence-corrected chi connectivity index (χ0v) is 18.9. The second kappa shape index (κ2) is 9.26. The first-order chi connectivity index (χ1) is 16.1. The average Bonchev–Trinajstić information content (AvgIpc) is 3.29. The van der Waals surface area contributed by atoms with E-state index in [9.17, 15) is 4.79 Å². The van der Waals surface area contributed by atoms with Crippen LogP contribution in [0.3, 0.4) is 0 Å². The largest absolute Gasteiger partial charge is 0.378 e. The molecular weight excluding hydrogens is 422 g/mol. The van der Waals surface area contributed by atoms with Gasteiger partial charge >= 0.3 is 0 Å². The van der Waals surface area contributed by atoms with Crippen LogP contribution in [0.5, 0.6) is 0 Å². The highest BCUT2D eigenvalue weighted by molar-refractivity contribution is 5.88. The van der Waals surface area contributed by atoms with E-state index in [1.807, 2.05) is 18.2 Å². The smallest absolute Gasteiger partial charge is 0.228 e. The van der Waals surface area contributed by atoms with Gasteiger partial charge in [-0.05, 0) is 19.3 Å². The molecular formula is C22H29N9O2. The number of carbonyl (C=O) groups is 1. The van der Waals surface area contributed by atoms with Crippen LogP contribution in [0.2, 0.25) is 0 Å². The number of hydrogen-bond acceptors (Lipinski definition) is 9. The van der Waals surface area contributed by atoms with Crippen molar-refractivity contribution in [1.29, 1.82) is 0 Å². The summed E-state index contributed by atoms with van der Waals surface area (Å²) in [5, 5.41) is 0. The van der Waals surface area contributed by atoms with Crippen LogP contribution < -0.4 is 10.6 Å². The number of anilines is 2. The highest BCUT2D eigenvalue weighted by atomic mass is 16.5. The predicted molar refractivity (Wildman–Crippen MR) is 124 cm³/mol. The first-order valence-electron chi connectivity index (χ1n) is 11.6. The Morgan fingerprint density at radius 3 is 2.52 bits per heavy atom. The minimum absolute atomic E-state index is 0.215. The second-order valence-corrected chi connectivity index (χ2v) is 8.49. The average molecular weight is 452 g/mol. The van der Waals surface area contributed by atoms with E-state index in [2.05, 4.69) is 24.4 Å². The van der Waals surface area contributed by atoms with Crippen molar-refractivity contribution in [3.8, 4) is 11.3 Å². The Morgan fingerprint density at radius 2 is 1.82 bits per heavy atom. The van der Waals surface area contributed by atoms with Crippen LogP contribution in [-0.2, 0) is 9.53 Å². The van der Waals surface area contributed by atoms with E-state index in [-0.39, 0.29) is 17.9 Å². The number of carbonyl (C=O) groups excluding carboxylic acids is 1. The Morgan fingerprint density at radius 1 is 1.09 bits per heavy atom. The lowest BCUT2D eigenvalue weighted by Gasteiger charge is -2.33. The quantitative estimate of drug-likeness (QED) is 0.616. The Labute approximate surface area is 192 Å². The highest BCUT2D eigenvalue weighted by Gasteiger charge is 2.27. The number of nitrogens with two attached hydrogens (primary N) is 1. The molecule has 2 fully saturated rings. The summed E-state index contributed by atoms with van der Waals surface area (Å²) in [6, 6.07) is 0.226. The van der Waals surface area contributed by atoms with Crippen molar-refractivity contribution in [3.05, 3.63) is 18.7 Å². The van der Waals surface area contributed by atoms with Crippen molar-refractivity contribution in [2.24, 2.45) is 0 Å². The molecule has 1 amide bonds. The monoisotopic (exact) mass is 451 g/mol. The van der Waals surface area contributed by atoms with Crippen LogP contribution in [0.25, 0.3) is 22.4 Å². The van der Waals surface area contributed by atoms with Crippen LogP contribution in [0.4, 0.5) is 11.9 Å². The van der Waals surface area contributed by atoms with Gasteiger partial charge in [0, 0.05) is 56.6 Å². The van der Waals surface area contributed by atoms with E-state index in [0.717, 1.165) is 56.7 Å². The van der Waals surface area contributed by atoms with Gasteiger partial charge in [0.2, 0.25) is 17.8 Å². The molecule has 3 aromatic rings. The fourth-order valence-electron chi connectivity index (χ4n) is 4.50. The minimum Gasteiger partial charge on any atom is -0.378 e. The lowest BCUT2D eigenvalue weighted by molar-refractivity contribution is -0.132. The van der Waals surface area contributed by atoms with Gasteiger partial charge < -0.3 is 24.8 Å². The van der Waals surface area contributed by atoms with E-state index in [1.54, 1.807) is 12.4 Å². The fourth-order valence-corrected chi connectivity index (χ4v) is 4.50. The van der Waals surface area contributed by atoms with Crippen LogP contribution in [-0.4, -0.2) is 79.7 Å². The molecule has 11 heteroatoms. The standard InChI is InChI=1S/C22H29N9O2/c1-2-3-17(32)29-6-4-16(5-7-29)31-14-26-19-18(15-12-24-21(23)25-13-15)27-22(28-20(19)31)30-8-10-33-11-9-30/h12-14,16H,2-11H2,1H3,(H2,23,24,25). The molecule has 0 atom stereocenters. The van der Waals surface area contributed by atoms with Crippen molar-refractivity contribution >= 4 is 29.0 Å². The molecule has 0 unspecified atom stereocenters. The summed E-state index contributed by atoms with van der Waals surface area (Å²) in [4.78, 5) is 39.2. The summed E-state index contributed by atoms with van der Waals surface area (Å²) in [5.41, 5.74) is 8.63. The van der Waals surface area contributed by atoms with Crippen molar-refractivity contribution in [1.82, 2.24) is 34.4 Å². The molecule has 0 aliphatic carbocycles. The summed E-state index contributed by atoms with van der Waals surface area (Å²) >= 11 is 0.